The van der Waals surface area contributed by atoms with Crippen molar-refractivity contribution in [1.29, 1.82) is 0 Å². The van der Waals surface area contributed by atoms with E-state index in [0.717, 1.165) is 12.0 Å². The number of rotatable bonds is 6. The summed E-state index contributed by atoms with van der Waals surface area (Å²) in [5.74, 6) is 0.0942. The number of aliphatic hydroxyl groups excluding tert-OH is 1. The number of amides is 2. The Morgan fingerprint density at radius 2 is 2.04 bits per heavy atom. The largest absolute Gasteiger partial charge is 0.393 e. The van der Waals surface area contributed by atoms with Crippen LogP contribution in [0.1, 0.15) is 50.8 Å². The molecule has 24 heavy (non-hydrogen) atoms. The highest BCUT2D eigenvalue weighted by molar-refractivity contribution is 5.79. The average Bonchev–Trinajstić information content (AvgIpc) is 2.54. The summed E-state index contributed by atoms with van der Waals surface area (Å²) in [6, 6.07) is 7.81. The van der Waals surface area contributed by atoms with Gasteiger partial charge in [-0.05, 0) is 29.9 Å². The van der Waals surface area contributed by atoms with Gasteiger partial charge < -0.3 is 15.3 Å². The average molecular weight is 332 g/mol. The van der Waals surface area contributed by atoms with Crippen molar-refractivity contribution in [2.75, 3.05) is 13.1 Å². The lowest BCUT2D eigenvalue weighted by atomic mass is 9.90. The molecule has 0 spiro atoms. The Bertz CT molecular complexity index is 586. The lowest BCUT2D eigenvalue weighted by molar-refractivity contribution is -0.133. The molecule has 1 aliphatic heterocycles. The number of carbonyl (C=O) groups excluding carboxylic acids is 2. The van der Waals surface area contributed by atoms with Crippen molar-refractivity contribution in [2.24, 2.45) is 5.92 Å². The van der Waals surface area contributed by atoms with Crippen LogP contribution in [0.5, 0.6) is 0 Å². The fourth-order valence-electron chi connectivity index (χ4n) is 3.19. The molecule has 0 aliphatic carbocycles. The maximum absolute atomic E-state index is 12.3. The van der Waals surface area contributed by atoms with Crippen LogP contribution in [0.15, 0.2) is 24.3 Å². The number of nitrogens with zero attached hydrogens (tertiary/aromatic N) is 1. The minimum Gasteiger partial charge on any atom is -0.393 e. The van der Waals surface area contributed by atoms with Gasteiger partial charge in [-0.15, -0.1) is 0 Å². The van der Waals surface area contributed by atoms with Crippen LogP contribution in [0.3, 0.4) is 0 Å². The zero-order chi connectivity index (χ0) is 17.7. The van der Waals surface area contributed by atoms with Crippen molar-refractivity contribution in [3.63, 3.8) is 0 Å². The SMILES string of the molecule is CC(=O)N1CCc2ccccc2C1CC(=O)NCCC(O)C(C)C. The van der Waals surface area contributed by atoms with Gasteiger partial charge in [0.05, 0.1) is 18.6 Å². The van der Waals surface area contributed by atoms with E-state index in [4.69, 9.17) is 0 Å². The fraction of sp³-hybridized carbons (Fsp3) is 0.579. The summed E-state index contributed by atoms with van der Waals surface area (Å²) < 4.78 is 0. The molecule has 5 nitrogen and oxygen atoms in total. The van der Waals surface area contributed by atoms with E-state index in [1.807, 2.05) is 32.0 Å². The second-order valence-electron chi connectivity index (χ2n) is 6.83. The van der Waals surface area contributed by atoms with Crippen LogP contribution < -0.4 is 5.32 Å². The van der Waals surface area contributed by atoms with Gasteiger partial charge in [-0.3, -0.25) is 9.59 Å². The lowest BCUT2D eigenvalue weighted by Gasteiger charge is -2.36. The van der Waals surface area contributed by atoms with E-state index in [2.05, 4.69) is 11.4 Å². The number of hydrogen-bond acceptors (Lipinski definition) is 3. The van der Waals surface area contributed by atoms with Gasteiger partial charge >= 0.3 is 0 Å². The molecule has 2 amide bonds. The normalized spacial score (nSPS) is 18.2. The topological polar surface area (TPSA) is 69.6 Å². The number of fused-ring (bicyclic) bond motifs is 1. The van der Waals surface area contributed by atoms with Crippen LogP contribution in [-0.4, -0.2) is 41.0 Å². The van der Waals surface area contributed by atoms with Crippen molar-refractivity contribution in [2.45, 2.75) is 52.2 Å². The molecule has 2 atom stereocenters. The number of hydrogen-bond donors (Lipinski definition) is 2. The van der Waals surface area contributed by atoms with Gasteiger partial charge in [0.1, 0.15) is 0 Å². The first-order chi connectivity index (χ1) is 11.4. The van der Waals surface area contributed by atoms with Crippen LogP contribution in [0.4, 0.5) is 0 Å². The van der Waals surface area contributed by atoms with Gasteiger partial charge in [0.2, 0.25) is 11.8 Å². The summed E-state index contributed by atoms with van der Waals surface area (Å²) in [6.45, 7) is 6.56. The third-order valence-electron chi connectivity index (χ3n) is 4.73. The van der Waals surface area contributed by atoms with Crippen molar-refractivity contribution in [3.05, 3.63) is 35.4 Å². The van der Waals surface area contributed by atoms with Crippen LogP contribution in [0.2, 0.25) is 0 Å². The van der Waals surface area contributed by atoms with E-state index < -0.39 is 6.10 Å². The molecular formula is C19H28N2O3. The Kier molecular flexibility index (Phi) is 6.37. The smallest absolute Gasteiger partial charge is 0.222 e. The number of aliphatic hydroxyl groups is 1. The molecule has 0 bridgehead atoms. The molecule has 0 radical (unpaired) electrons. The highest BCUT2D eigenvalue weighted by atomic mass is 16.3. The highest BCUT2D eigenvalue weighted by Gasteiger charge is 2.30. The molecule has 2 N–H and O–H groups in total. The maximum Gasteiger partial charge on any atom is 0.222 e. The van der Waals surface area contributed by atoms with Gasteiger partial charge in [-0.1, -0.05) is 38.1 Å². The summed E-state index contributed by atoms with van der Waals surface area (Å²) in [5, 5.41) is 12.7. The van der Waals surface area contributed by atoms with E-state index in [-0.39, 0.29) is 30.2 Å². The zero-order valence-corrected chi connectivity index (χ0v) is 14.8. The first kappa shape index (κ1) is 18.5. The molecule has 2 unspecified atom stereocenters. The Labute approximate surface area is 144 Å². The first-order valence-corrected chi connectivity index (χ1v) is 8.70. The monoisotopic (exact) mass is 332 g/mol. The Morgan fingerprint density at radius 3 is 2.71 bits per heavy atom. The third-order valence-corrected chi connectivity index (χ3v) is 4.73. The molecule has 132 valence electrons. The van der Waals surface area contributed by atoms with Crippen LogP contribution in [0.25, 0.3) is 0 Å². The van der Waals surface area contributed by atoms with Gasteiger partial charge in [0, 0.05) is 20.0 Å². The Morgan fingerprint density at radius 1 is 1.33 bits per heavy atom. The van der Waals surface area contributed by atoms with E-state index in [1.165, 1.54) is 5.56 Å². The molecule has 5 heteroatoms. The van der Waals surface area contributed by atoms with Crippen molar-refractivity contribution in [3.8, 4) is 0 Å². The van der Waals surface area contributed by atoms with Gasteiger partial charge in [0.25, 0.3) is 0 Å². The van der Waals surface area contributed by atoms with Gasteiger partial charge in [-0.2, -0.15) is 0 Å². The number of nitrogens with one attached hydrogen (secondary N) is 1. The summed E-state index contributed by atoms with van der Waals surface area (Å²) in [4.78, 5) is 26.0. The van der Waals surface area contributed by atoms with Crippen LogP contribution in [-0.2, 0) is 16.0 Å². The fourth-order valence-corrected chi connectivity index (χ4v) is 3.19. The summed E-state index contributed by atoms with van der Waals surface area (Å²) in [7, 11) is 0. The van der Waals surface area contributed by atoms with Crippen molar-refractivity contribution in [1.82, 2.24) is 10.2 Å². The number of benzene rings is 1. The molecule has 0 fully saturated rings. The number of carbonyl (C=O) groups is 2. The molecular weight excluding hydrogens is 304 g/mol. The first-order valence-electron chi connectivity index (χ1n) is 8.70. The molecule has 0 aromatic heterocycles. The molecule has 2 rings (SSSR count). The minimum absolute atomic E-state index is 0.00228. The van der Waals surface area contributed by atoms with Gasteiger partial charge in [0.15, 0.2) is 0 Å². The van der Waals surface area contributed by atoms with Crippen molar-refractivity contribution < 1.29 is 14.7 Å². The summed E-state index contributed by atoms with van der Waals surface area (Å²) in [6.07, 6.45) is 1.22. The minimum atomic E-state index is -0.408. The quantitative estimate of drug-likeness (QED) is 0.837. The third kappa shape index (κ3) is 4.57. The van der Waals surface area contributed by atoms with Crippen molar-refractivity contribution >= 4 is 11.8 Å². The molecule has 0 saturated heterocycles. The molecule has 0 saturated carbocycles. The van der Waals surface area contributed by atoms with E-state index in [0.29, 0.717) is 19.5 Å². The predicted molar refractivity (Wildman–Crippen MR) is 93.4 cm³/mol. The van der Waals surface area contributed by atoms with Crippen LogP contribution in [0, 0.1) is 5.92 Å². The van der Waals surface area contributed by atoms with Crippen LogP contribution >= 0.6 is 0 Å². The zero-order valence-electron chi connectivity index (χ0n) is 14.8. The lowest BCUT2D eigenvalue weighted by Crippen LogP contribution is -2.41. The molecule has 1 aromatic carbocycles. The highest BCUT2D eigenvalue weighted by Crippen LogP contribution is 2.32. The predicted octanol–water partition coefficient (Wildman–Crippen LogP) is 2.05. The standard InChI is InChI=1S/C19H28N2O3/c1-13(2)18(23)8-10-20-19(24)12-17-16-7-5-4-6-15(16)9-11-21(17)14(3)22/h4-7,13,17-18,23H,8-12H2,1-3H3,(H,20,24). The maximum atomic E-state index is 12.3. The molecule has 1 heterocycles. The second kappa shape index (κ2) is 8.29. The Hall–Kier alpha value is -1.88. The second-order valence-corrected chi connectivity index (χ2v) is 6.83. The summed E-state index contributed by atoms with van der Waals surface area (Å²) >= 11 is 0. The molecule has 1 aliphatic rings. The van der Waals surface area contributed by atoms with E-state index in [9.17, 15) is 14.7 Å². The van der Waals surface area contributed by atoms with E-state index in [1.54, 1.807) is 11.8 Å². The summed E-state index contributed by atoms with van der Waals surface area (Å²) in [5.41, 5.74) is 2.28. The van der Waals surface area contributed by atoms with E-state index >= 15 is 0 Å². The Balaban J connectivity index is 2.00. The van der Waals surface area contributed by atoms with Gasteiger partial charge in [-0.25, -0.2) is 0 Å². The molecule has 1 aromatic rings.